The zero-order chi connectivity index (χ0) is 59.8. The van der Waals surface area contributed by atoms with Gasteiger partial charge < -0.3 is 42.8 Å². The summed E-state index contributed by atoms with van der Waals surface area (Å²) >= 11 is 17.0. The monoisotopic (exact) mass is 1440 g/mol. The summed E-state index contributed by atoms with van der Waals surface area (Å²) in [5.41, 5.74) is 6.51. The van der Waals surface area contributed by atoms with Crippen LogP contribution in [-0.2, 0) is 104 Å². The molecule has 0 spiro atoms. The van der Waals surface area contributed by atoms with E-state index in [2.05, 4.69) is 118 Å². The summed E-state index contributed by atoms with van der Waals surface area (Å²) in [6.07, 6.45) is 26.2. The fourth-order valence-electron chi connectivity index (χ4n) is 8.06. The lowest BCUT2D eigenvalue weighted by atomic mass is 10.2. The lowest BCUT2D eigenvalue weighted by Crippen LogP contribution is -2.23. The van der Waals surface area contributed by atoms with Gasteiger partial charge in [0.2, 0.25) is 19.1 Å². The number of aromatic nitrogens is 10. The van der Waals surface area contributed by atoms with Gasteiger partial charge in [-0.1, -0.05) is 53.9 Å². The first-order chi connectivity index (χ1) is 39.4. The van der Waals surface area contributed by atoms with Crippen LogP contribution in [0.1, 0.15) is 92.5 Å². The lowest BCUT2D eigenvalue weighted by Gasteiger charge is -2.08. The van der Waals surface area contributed by atoms with Gasteiger partial charge in [0.05, 0.1) is 13.2 Å². The van der Waals surface area contributed by atoms with Gasteiger partial charge in [-0.05, 0) is 73.1 Å². The van der Waals surface area contributed by atoms with Crippen molar-refractivity contribution in [1.29, 1.82) is 10.7 Å². The van der Waals surface area contributed by atoms with E-state index in [1.807, 2.05) is 42.6 Å². The van der Waals surface area contributed by atoms with E-state index in [1.54, 1.807) is 14.2 Å². The van der Waals surface area contributed by atoms with Crippen molar-refractivity contribution in [3.8, 4) is 6.07 Å². The van der Waals surface area contributed by atoms with Crippen LogP contribution in [0.4, 0.5) is 0 Å². The summed E-state index contributed by atoms with van der Waals surface area (Å²) in [5, 5.41) is 22.2. The van der Waals surface area contributed by atoms with Crippen molar-refractivity contribution < 1.29 is 31.0 Å². The zero-order valence-electron chi connectivity index (χ0n) is 47.0. The molecular weight excluding hydrogens is 1360 g/mol. The van der Waals surface area contributed by atoms with Crippen molar-refractivity contribution in [3.63, 3.8) is 0 Å². The van der Waals surface area contributed by atoms with E-state index in [4.69, 9.17) is 64.9 Å². The van der Waals surface area contributed by atoms with Crippen LogP contribution in [0, 0.1) is 20.4 Å². The number of unbranched alkanes of at least 4 members (excludes halogenated alkanes) is 1. The van der Waals surface area contributed by atoms with E-state index < -0.39 is 19.1 Å². The molecule has 5 aliphatic heterocycles. The third kappa shape index (κ3) is 29.9. The quantitative estimate of drug-likeness (QED) is 0.0112. The van der Waals surface area contributed by atoms with Gasteiger partial charge in [-0.25, -0.2) is 46.9 Å². The third-order valence-corrected chi connectivity index (χ3v) is 19.2. The van der Waals surface area contributed by atoms with Crippen LogP contribution in [0.25, 0.3) is 0 Å². The maximum absolute atomic E-state index is 10.7. The minimum Gasteiger partial charge on any atom is -0.484 e. The molecule has 0 fully saturated rings. The maximum atomic E-state index is 10.7. The molecule has 0 unspecified atom stereocenters. The topological polar surface area (TPSA) is 285 Å². The number of aryl methyl sites for hydroxylation is 10. The van der Waals surface area contributed by atoms with E-state index in [0.717, 1.165) is 107 Å². The van der Waals surface area contributed by atoms with Crippen LogP contribution in [0.5, 0.6) is 0 Å². The minimum atomic E-state index is -3.43. The van der Waals surface area contributed by atoms with Gasteiger partial charge in [-0.15, -0.1) is 47.4 Å². The molecule has 11 rings (SSSR count). The number of hydrogen-bond donors (Lipinski definition) is 3. The van der Waals surface area contributed by atoms with Gasteiger partial charge in [-0.2, -0.15) is 5.26 Å². The van der Waals surface area contributed by atoms with Gasteiger partial charge in [0.15, 0.2) is 12.2 Å². The van der Waals surface area contributed by atoms with Gasteiger partial charge in [0.1, 0.15) is 58.1 Å². The smallest absolute Gasteiger partial charge is 0.242 e. The van der Waals surface area contributed by atoms with E-state index in [0.29, 0.717) is 37.0 Å². The molecular formula is C52H77Cl4IN14O7S5. The van der Waals surface area contributed by atoms with E-state index in [1.165, 1.54) is 92.1 Å². The SMILES string of the molecule is COC(=N)CCCCl.COC(CN)OC.Cl.Ic1cn2c(n1)CCC2.N#CCCCCl.NS(=O)(=O)CSc1cn2c(n1)CCC2.O=S(=O)(Cl)CSc1cn2c(n1)CCC2.c1ccc(CSc2cn3c(n2)CCC3)cc1.c1cn2c(n1)CCC2. The summed E-state index contributed by atoms with van der Waals surface area (Å²) in [4.78, 5) is 21.7. The normalized spacial score (nSPS) is 13.6. The van der Waals surface area contributed by atoms with Gasteiger partial charge in [-0.3, -0.25) is 5.41 Å². The first-order valence-electron chi connectivity index (χ1n) is 26.5. The van der Waals surface area contributed by atoms with Gasteiger partial charge in [0, 0.05) is 164 Å². The number of nitrogens with zero attached hydrogens (tertiary/aromatic N) is 11. The van der Waals surface area contributed by atoms with E-state index >= 15 is 0 Å². The third-order valence-electron chi connectivity index (χ3n) is 12.0. The number of nitrogens with two attached hydrogens (primary N) is 2. The standard InChI is InChI=1S/C13H14N2S.C7H9ClN2O2S2.C7H11N3O2S2.C6H7IN2.C6H8N2.C5H10ClNO.C4H6ClN.C4H11NO2.ClH/c1-2-5-11(6-3-1)10-16-13-9-15-8-4-7-12(15)14-13;2*8-14(11,12)5-13-7-4-10-3-1-2-6(10)9-7;7-5-4-9-3-1-2-6(9)8-5;1-2-6-7-3-5-8(6)4-1;1-8-5(7)3-2-4-6;5-3-1-2-4-6;1-6-4(3-5)7-2;/h1-3,5-6,9H,4,7-8,10H2;4H,1-3,5H2;4H,1-3,5H2,(H2,8,11,12);4H,1-3H2;3,5H,1-2,4H2;7H,2-4H2,1H3;1-3H2;4H,3,5H2,1-2H3;1H. The van der Waals surface area contributed by atoms with Crippen LogP contribution < -0.4 is 10.9 Å². The van der Waals surface area contributed by atoms with Crippen LogP contribution in [0.15, 0.2) is 82.6 Å². The predicted molar refractivity (Wildman–Crippen MR) is 345 cm³/mol. The van der Waals surface area contributed by atoms with Crippen molar-refractivity contribution in [2.24, 2.45) is 10.9 Å². The zero-order valence-corrected chi connectivity index (χ0v) is 56.3. The summed E-state index contributed by atoms with van der Waals surface area (Å²) in [7, 11) is 2.87. The predicted octanol–water partition coefficient (Wildman–Crippen LogP) is 10.1. The Labute approximate surface area is 536 Å². The molecule has 0 amide bonds. The fourth-order valence-corrected chi connectivity index (χ4v) is 13.2. The molecule has 1 aromatic carbocycles. The second-order valence-corrected chi connectivity index (χ2v) is 28.3. The number of benzene rings is 1. The Morgan fingerprint density at radius 2 is 1.17 bits per heavy atom. The number of ether oxygens (including phenoxy) is 3. The fraction of sp³-hybridized carbons (Fsp3) is 0.558. The molecule has 5 N–H and O–H groups in total. The molecule has 0 saturated carbocycles. The number of halogens is 5. The van der Waals surface area contributed by atoms with Crippen LogP contribution >= 0.6 is 104 Å². The number of imidazole rings is 5. The van der Waals surface area contributed by atoms with Crippen LogP contribution in [0.3, 0.4) is 0 Å². The number of hydrogen-bond acceptors (Lipinski definition) is 18. The molecule has 83 heavy (non-hydrogen) atoms. The summed E-state index contributed by atoms with van der Waals surface area (Å²) in [5.74, 6) is 8.39. The Hall–Kier alpha value is -3.09. The Kier molecular flexibility index (Phi) is 36.8. The molecule has 0 aliphatic carbocycles. The number of fused-ring (bicyclic) bond motifs is 5. The summed E-state index contributed by atoms with van der Waals surface area (Å²) in [6.45, 7) is 5.87. The number of nitrogens with one attached hydrogen (secondary N) is 1. The largest absolute Gasteiger partial charge is 0.484 e. The number of rotatable bonds is 17. The van der Waals surface area contributed by atoms with E-state index in [9.17, 15) is 16.8 Å². The number of sulfonamides is 1. The number of primary sulfonamides is 1. The lowest BCUT2D eigenvalue weighted by molar-refractivity contribution is -0.0940. The number of thioether (sulfide) groups is 3. The average molecular weight is 1440 g/mol. The number of nitriles is 1. The summed E-state index contributed by atoms with van der Waals surface area (Å²) in [6, 6.07) is 12.5. The highest BCUT2D eigenvalue weighted by Gasteiger charge is 2.18. The molecule has 0 atom stereocenters. The highest BCUT2D eigenvalue weighted by atomic mass is 127. The molecule has 21 nitrogen and oxygen atoms in total. The maximum Gasteiger partial charge on any atom is 0.242 e. The number of alkyl halides is 2. The highest BCUT2D eigenvalue weighted by molar-refractivity contribution is 14.1. The van der Waals surface area contributed by atoms with E-state index in [-0.39, 0.29) is 28.9 Å². The van der Waals surface area contributed by atoms with Crippen LogP contribution in [-0.4, -0.2) is 127 Å². The second-order valence-electron chi connectivity index (χ2n) is 18.3. The second kappa shape index (κ2) is 41.1. The first-order valence-corrected chi connectivity index (χ1v) is 35.8. The Balaban J connectivity index is 0.000000254. The molecule has 10 heterocycles. The van der Waals surface area contributed by atoms with Gasteiger partial charge >= 0.3 is 0 Å². The molecule has 0 bridgehead atoms. The van der Waals surface area contributed by atoms with Crippen molar-refractivity contribution >= 4 is 129 Å². The summed E-state index contributed by atoms with van der Waals surface area (Å²) < 4.78 is 68.7. The highest BCUT2D eigenvalue weighted by Crippen LogP contribution is 2.26. The van der Waals surface area contributed by atoms with Crippen molar-refractivity contribution in [2.45, 2.75) is 150 Å². The molecule has 462 valence electrons. The molecule has 6 aromatic rings. The Morgan fingerprint density at radius 3 is 1.55 bits per heavy atom. The molecule has 31 heteroatoms. The first kappa shape index (κ1) is 74.2. The Morgan fingerprint density at radius 1 is 0.711 bits per heavy atom. The van der Waals surface area contributed by atoms with Gasteiger partial charge in [0.25, 0.3) is 0 Å². The van der Waals surface area contributed by atoms with Crippen molar-refractivity contribution in [2.75, 3.05) is 49.8 Å². The van der Waals surface area contributed by atoms with Crippen molar-refractivity contribution in [1.82, 2.24) is 47.8 Å². The Bertz CT molecular complexity index is 2870. The molecule has 0 radical (unpaired) electrons. The van der Waals surface area contributed by atoms with Crippen LogP contribution in [0.2, 0.25) is 0 Å². The number of methoxy groups -OCH3 is 3. The molecule has 5 aromatic heterocycles. The average Bonchev–Trinajstić information content (AvgIpc) is 4.34. The van der Waals surface area contributed by atoms with Crippen molar-refractivity contribution in [3.05, 3.63) is 106 Å². The molecule has 0 saturated heterocycles. The minimum absolute atomic E-state index is 0. The molecule has 5 aliphatic rings.